The Morgan fingerprint density at radius 1 is 0.969 bits per heavy atom. The Morgan fingerprint density at radius 3 is 2.22 bits per heavy atom. The van der Waals surface area contributed by atoms with Gasteiger partial charge >= 0.3 is 0 Å². The molecule has 2 aromatic carbocycles. The first kappa shape index (κ1) is 23.7. The van der Waals surface area contributed by atoms with Crippen molar-refractivity contribution in [1.29, 1.82) is 0 Å². The minimum atomic E-state index is -3.99. The normalized spacial score (nSPS) is 12.0. The Kier molecular flexibility index (Phi) is 6.88. The lowest BCUT2D eigenvalue weighted by molar-refractivity contribution is -0.129. The van der Waals surface area contributed by atoms with E-state index in [1.54, 1.807) is 47.6 Å². The number of nitrogens with zero attached hydrogens (tertiary/aromatic N) is 3. The monoisotopic (exact) mass is 453 g/mol. The third-order valence-corrected chi connectivity index (χ3v) is 7.40. The molecule has 0 fully saturated rings. The number of anilines is 1. The van der Waals surface area contributed by atoms with E-state index in [2.05, 4.69) is 25.8 Å². The molecule has 0 radical (unpaired) electrons. The van der Waals surface area contributed by atoms with Crippen LogP contribution in [0.25, 0.3) is 10.8 Å². The molecule has 0 bridgehead atoms. The minimum absolute atomic E-state index is 0.0939. The van der Waals surface area contributed by atoms with Crippen LogP contribution in [0.4, 0.5) is 5.69 Å². The molecule has 0 aliphatic carbocycles. The highest BCUT2D eigenvalue weighted by molar-refractivity contribution is 7.92. The lowest BCUT2D eigenvalue weighted by atomic mass is 9.87. The third-order valence-electron chi connectivity index (χ3n) is 5.63. The van der Waals surface area contributed by atoms with Crippen molar-refractivity contribution in [3.8, 4) is 0 Å². The van der Waals surface area contributed by atoms with Gasteiger partial charge in [-0.1, -0.05) is 45.0 Å². The first-order valence-electron chi connectivity index (χ1n) is 10.8. The highest BCUT2D eigenvalue weighted by Crippen LogP contribution is 2.32. The Morgan fingerprint density at radius 2 is 1.62 bits per heavy atom. The van der Waals surface area contributed by atoms with Crippen molar-refractivity contribution in [2.75, 3.05) is 23.9 Å². The highest BCUT2D eigenvalue weighted by Gasteiger charge is 2.30. The van der Waals surface area contributed by atoms with Crippen molar-refractivity contribution in [2.24, 2.45) is 0 Å². The van der Waals surface area contributed by atoms with Crippen LogP contribution in [0.3, 0.4) is 0 Å². The molecule has 0 N–H and O–H groups in total. The van der Waals surface area contributed by atoms with Crippen molar-refractivity contribution in [3.05, 3.63) is 66.5 Å². The zero-order valence-electron chi connectivity index (χ0n) is 19.4. The van der Waals surface area contributed by atoms with Crippen molar-refractivity contribution in [2.45, 2.75) is 44.9 Å². The van der Waals surface area contributed by atoms with Crippen LogP contribution in [0.1, 0.15) is 40.2 Å². The van der Waals surface area contributed by atoms with E-state index in [1.807, 2.05) is 32.0 Å². The summed E-state index contributed by atoms with van der Waals surface area (Å²) in [6.07, 6.45) is 3.31. The lowest BCUT2D eigenvalue weighted by Crippen LogP contribution is -2.43. The fourth-order valence-corrected chi connectivity index (χ4v) is 5.11. The number of aromatic nitrogens is 1. The summed E-state index contributed by atoms with van der Waals surface area (Å²) in [6.45, 7) is 10.8. The summed E-state index contributed by atoms with van der Waals surface area (Å²) in [5, 5.41) is 1.54. The number of fused-ring (bicyclic) bond motifs is 1. The van der Waals surface area contributed by atoms with E-state index in [0.29, 0.717) is 18.8 Å². The second-order valence-electron chi connectivity index (χ2n) is 8.73. The molecule has 6 nitrogen and oxygen atoms in total. The van der Waals surface area contributed by atoms with Crippen LogP contribution in [-0.2, 0) is 20.2 Å². The van der Waals surface area contributed by atoms with Crippen LogP contribution in [-0.4, -0.2) is 43.8 Å². The molecule has 0 aliphatic heterocycles. The van der Waals surface area contributed by atoms with Crippen LogP contribution in [0, 0.1) is 0 Å². The van der Waals surface area contributed by atoms with Gasteiger partial charge in [-0.2, -0.15) is 0 Å². The molecular formula is C25H31N3O3S. The van der Waals surface area contributed by atoms with E-state index in [9.17, 15) is 13.2 Å². The zero-order chi connectivity index (χ0) is 23.5. The number of rotatable bonds is 7. The lowest BCUT2D eigenvalue weighted by Gasteiger charge is -2.28. The van der Waals surface area contributed by atoms with E-state index in [4.69, 9.17) is 0 Å². The van der Waals surface area contributed by atoms with Gasteiger partial charge in [0.05, 0.1) is 10.6 Å². The average molecular weight is 454 g/mol. The molecule has 7 heteroatoms. The number of hydrogen-bond acceptors (Lipinski definition) is 4. The molecular weight excluding hydrogens is 422 g/mol. The van der Waals surface area contributed by atoms with E-state index in [0.717, 1.165) is 16.3 Å². The summed E-state index contributed by atoms with van der Waals surface area (Å²) in [5.41, 5.74) is 1.41. The van der Waals surface area contributed by atoms with Crippen LogP contribution >= 0.6 is 0 Å². The minimum Gasteiger partial charge on any atom is -0.342 e. The molecule has 1 amide bonds. The molecule has 3 aromatic rings. The first-order valence-corrected chi connectivity index (χ1v) is 12.3. The topological polar surface area (TPSA) is 70.6 Å². The summed E-state index contributed by atoms with van der Waals surface area (Å²) in [4.78, 5) is 18.9. The first-order chi connectivity index (χ1) is 15.1. The number of amides is 1. The molecule has 1 aromatic heterocycles. The molecule has 1 heterocycles. The van der Waals surface area contributed by atoms with Crippen LogP contribution in [0.2, 0.25) is 0 Å². The molecule has 170 valence electrons. The molecule has 0 saturated carbocycles. The molecule has 0 unspecified atom stereocenters. The maximum atomic E-state index is 13.8. The van der Waals surface area contributed by atoms with Crippen molar-refractivity contribution >= 4 is 32.4 Å². The van der Waals surface area contributed by atoms with Crippen LogP contribution in [0.15, 0.2) is 65.8 Å². The second-order valence-corrected chi connectivity index (χ2v) is 10.6. The molecule has 0 spiro atoms. The van der Waals surface area contributed by atoms with Gasteiger partial charge in [-0.3, -0.25) is 14.1 Å². The van der Waals surface area contributed by atoms with Gasteiger partial charge in [0.2, 0.25) is 5.91 Å². The summed E-state index contributed by atoms with van der Waals surface area (Å²) in [7, 11) is -3.99. The largest absolute Gasteiger partial charge is 0.342 e. The number of benzene rings is 2. The van der Waals surface area contributed by atoms with E-state index < -0.39 is 10.0 Å². The molecule has 0 atom stereocenters. The van der Waals surface area contributed by atoms with Gasteiger partial charge in [-0.25, -0.2) is 8.42 Å². The quantitative estimate of drug-likeness (QED) is 0.524. The Bertz CT molecular complexity index is 1190. The van der Waals surface area contributed by atoms with Crippen LogP contribution in [0.5, 0.6) is 0 Å². The van der Waals surface area contributed by atoms with E-state index >= 15 is 0 Å². The molecule has 0 aliphatic rings. The summed E-state index contributed by atoms with van der Waals surface area (Å²) in [6, 6.07) is 14.1. The van der Waals surface area contributed by atoms with Gasteiger partial charge in [-0.05, 0) is 49.1 Å². The molecule has 3 rings (SSSR count). The Hall–Kier alpha value is -2.93. The second kappa shape index (κ2) is 9.28. The van der Waals surface area contributed by atoms with Gasteiger partial charge in [0.1, 0.15) is 6.54 Å². The number of hydrogen-bond donors (Lipinski definition) is 0. The van der Waals surface area contributed by atoms with Gasteiger partial charge in [0.15, 0.2) is 0 Å². The Balaban J connectivity index is 2.14. The van der Waals surface area contributed by atoms with Crippen LogP contribution < -0.4 is 4.31 Å². The summed E-state index contributed by atoms with van der Waals surface area (Å²) < 4.78 is 28.8. The summed E-state index contributed by atoms with van der Waals surface area (Å²) in [5.74, 6) is -0.240. The van der Waals surface area contributed by atoms with Crippen molar-refractivity contribution in [1.82, 2.24) is 9.88 Å². The van der Waals surface area contributed by atoms with Gasteiger partial charge in [0, 0.05) is 36.3 Å². The molecule has 0 saturated heterocycles. The average Bonchev–Trinajstić information content (AvgIpc) is 2.77. The fraction of sp³-hybridized carbons (Fsp3) is 0.360. The maximum absolute atomic E-state index is 13.8. The van der Waals surface area contributed by atoms with Gasteiger partial charge < -0.3 is 4.90 Å². The fourth-order valence-electron chi connectivity index (χ4n) is 3.68. The predicted molar refractivity (Wildman–Crippen MR) is 129 cm³/mol. The van der Waals surface area contributed by atoms with Gasteiger partial charge in [0.25, 0.3) is 10.0 Å². The number of pyridine rings is 1. The molecule has 32 heavy (non-hydrogen) atoms. The summed E-state index contributed by atoms with van der Waals surface area (Å²) >= 11 is 0. The number of sulfonamides is 1. The maximum Gasteiger partial charge on any atom is 0.264 e. The standard InChI is InChI=1S/C25H31N3O3S/c1-6-27(7-2)24(29)18-28(23-10-8-9-19-17-26-16-15-22(19)23)32(30,31)21-13-11-20(12-14-21)25(3,4)5/h8-17H,6-7,18H2,1-5H3. The smallest absolute Gasteiger partial charge is 0.264 e. The third kappa shape index (κ3) is 4.78. The highest BCUT2D eigenvalue weighted by atomic mass is 32.2. The van der Waals surface area contributed by atoms with E-state index in [1.165, 1.54) is 4.31 Å². The number of carbonyl (C=O) groups is 1. The van der Waals surface area contributed by atoms with Gasteiger partial charge in [-0.15, -0.1) is 0 Å². The van der Waals surface area contributed by atoms with Crippen molar-refractivity contribution in [3.63, 3.8) is 0 Å². The van der Waals surface area contributed by atoms with Crippen molar-refractivity contribution < 1.29 is 13.2 Å². The number of carbonyl (C=O) groups excluding carboxylic acids is 1. The SMILES string of the molecule is CCN(CC)C(=O)CN(c1cccc2cnccc12)S(=O)(=O)c1ccc(C(C)(C)C)cc1. The zero-order valence-corrected chi connectivity index (χ0v) is 20.2. The number of likely N-dealkylation sites (N-methyl/N-ethyl adjacent to an activating group) is 1. The Labute approximate surface area is 190 Å². The van der Waals surface area contributed by atoms with E-state index in [-0.39, 0.29) is 22.8 Å². The predicted octanol–water partition coefficient (Wildman–Crippen LogP) is 4.60.